The van der Waals surface area contributed by atoms with Crippen molar-refractivity contribution >= 4 is 35.5 Å². The SMILES string of the molecule is CCC1C(=O)N(C(=N)N)CC(N(C)C(=O)C2CCCN2)N1C(=O)CN1C(=O)COCC1=O. The van der Waals surface area contributed by atoms with Crippen LogP contribution in [0.1, 0.15) is 26.2 Å². The van der Waals surface area contributed by atoms with E-state index in [1.165, 1.54) is 16.8 Å². The van der Waals surface area contributed by atoms with E-state index in [1.54, 1.807) is 6.92 Å². The Morgan fingerprint density at radius 2 is 1.91 bits per heavy atom. The van der Waals surface area contributed by atoms with Crippen LogP contribution in [0.4, 0.5) is 0 Å². The third-order valence-corrected chi connectivity index (χ3v) is 6.02. The lowest BCUT2D eigenvalue weighted by Gasteiger charge is -2.48. The Kier molecular flexibility index (Phi) is 7.09. The zero-order valence-electron chi connectivity index (χ0n) is 18.2. The molecule has 3 rings (SSSR count). The monoisotopic (exact) mass is 451 g/mol. The number of imide groups is 1. The van der Waals surface area contributed by atoms with Crippen LogP contribution in [-0.4, -0.2) is 113 Å². The molecule has 0 saturated carbocycles. The number of hydrogen-bond acceptors (Lipinski definition) is 8. The van der Waals surface area contributed by atoms with Gasteiger partial charge in [0.05, 0.1) is 12.6 Å². The molecule has 5 amide bonds. The molecule has 0 aromatic heterocycles. The summed E-state index contributed by atoms with van der Waals surface area (Å²) >= 11 is 0. The third-order valence-electron chi connectivity index (χ3n) is 6.02. The molecule has 13 heteroatoms. The first-order valence-electron chi connectivity index (χ1n) is 10.5. The van der Waals surface area contributed by atoms with Gasteiger partial charge in [-0.3, -0.25) is 39.2 Å². The first-order valence-corrected chi connectivity index (χ1v) is 10.5. The highest BCUT2D eigenvalue weighted by atomic mass is 16.5. The number of piperazine rings is 1. The Hall–Kier alpha value is -3.06. The number of hydrogen-bond donors (Lipinski definition) is 3. The lowest BCUT2D eigenvalue weighted by Crippen LogP contribution is -2.71. The number of morpholine rings is 1. The fraction of sp³-hybridized carbons (Fsp3) is 0.684. The highest BCUT2D eigenvalue weighted by Gasteiger charge is 2.47. The van der Waals surface area contributed by atoms with Gasteiger partial charge in [-0.05, 0) is 25.8 Å². The summed E-state index contributed by atoms with van der Waals surface area (Å²) in [6, 6.07) is -1.42. The first kappa shape index (κ1) is 23.6. The van der Waals surface area contributed by atoms with Crippen molar-refractivity contribution < 1.29 is 28.7 Å². The first-order chi connectivity index (χ1) is 15.2. The number of amides is 5. The van der Waals surface area contributed by atoms with E-state index in [9.17, 15) is 24.0 Å². The second-order valence-electron chi connectivity index (χ2n) is 8.00. The van der Waals surface area contributed by atoms with Crippen LogP contribution in [0.25, 0.3) is 0 Å². The van der Waals surface area contributed by atoms with Crippen molar-refractivity contribution in [2.24, 2.45) is 5.73 Å². The van der Waals surface area contributed by atoms with Crippen LogP contribution >= 0.6 is 0 Å². The van der Waals surface area contributed by atoms with Crippen molar-refractivity contribution in [1.29, 1.82) is 5.41 Å². The highest BCUT2D eigenvalue weighted by molar-refractivity contribution is 6.03. The van der Waals surface area contributed by atoms with Gasteiger partial charge in [0.1, 0.15) is 32.0 Å². The normalized spacial score (nSPS) is 26.5. The molecule has 4 N–H and O–H groups in total. The number of likely N-dealkylation sites (N-methyl/N-ethyl adjacent to an activating group) is 1. The van der Waals surface area contributed by atoms with E-state index in [1.807, 2.05) is 0 Å². The Morgan fingerprint density at radius 3 is 2.44 bits per heavy atom. The lowest BCUT2D eigenvalue weighted by molar-refractivity contribution is -0.169. The lowest BCUT2D eigenvalue weighted by atomic mass is 10.0. The highest BCUT2D eigenvalue weighted by Crippen LogP contribution is 2.24. The van der Waals surface area contributed by atoms with Crippen LogP contribution in [0, 0.1) is 5.41 Å². The van der Waals surface area contributed by atoms with Gasteiger partial charge in [-0.25, -0.2) is 0 Å². The van der Waals surface area contributed by atoms with E-state index >= 15 is 0 Å². The quantitative estimate of drug-likeness (QED) is 0.229. The minimum atomic E-state index is -1.01. The standard InChI is InChI=1S/C19H29N7O6/c1-3-12-18(31)25(19(20)21)7-13(23(2)17(30)11-5-4-6-22-11)26(12)14(27)8-24-15(28)9-32-10-16(24)29/h11-13,22H,3-10H2,1-2H3,(H3,20,21). The van der Waals surface area contributed by atoms with E-state index in [-0.39, 0.29) is 32.1 Å². The maximum absolute atomic E-state index is 13.3. The van der Waals surface area contributed by atoms with Gasteiger partial charge in [0.25, 0.3) is 17.7 Å². The van der Waals surface area contributed by atoms with Crippen molar-refractivity contribution in [3.8, 4) is 0 Å². The Balaban J connectivity index is 1.91. The third kappa shape index (κ3) is 4.43. The molecule has 32 heavy (non-hydrogen) atoms. The Bertz CT molecular complexity index is 811. The zero-order valence-corrected chi connectivity index (χ0v) is 18.2. The molecule has 176 valence electrons. The van der Waals surface area contributed by atoms with E-state index in [4.69, 9.17) is 15.9 Å². The molecule has 3 aliphatic rings. The van der Waals surface area contributed by atoms with Gasteiger partial charge in [0, 0.05) is 7.05 Å². The summed E-state index contributed by atoms with van der Waals surface area (Å²) in [7, 11) is 1.53. The summed E-state index contributed by atoms with van der Waals surface area (Å²) in [5, 5.41) is 10.9. The van der Waals surface area contributed by atoms with Gasteiger partial charge < -0.3 is 25.6 Å². The molecule has 0 aliphatic carbocycles. The average Bonchev–Trinajstić information content (AvgIpc) is 3.29. The molecule has 0 bridgehead atoms. The minimum Gasteiger partial charge on any atom is -0.370 e. The van der Waals surface area contributed by atoms with E-state index in [0.717, 1.165) is 16.2 Å². The number of carbonyl (C=O) groups excluding carboxylic acids is 5. The van der Waals surface area contributed by atoms with Crippen molar-refractivity contribution in [3.63, 3.8) is 0 Å². The second kappa shape index (κ2) is 9.61. The van der Waals surface area contributed by atoms with Crippen LogP contribution in [0.5, 0.6) is 0 Å². The van der Waals surface area contributed by atoms with Gasteiger partial charge in [-0.15, -0.1) is 0 Å². The number of rotatable bonds is 5. The molecule has 3 unspecified atom stereocenters. The van der Waals surface area contributed by atoms with E-state index < -0.39 is 54.4 Å². The number of guanidine groups is 1. The molecule has 3 heterocycles. The fourth-order valence-corrected chi connectivity index (χ4v) is 4.29. The van der Waals surface area contributed by atoms with Crippen molar-refractivity contribution in [2.45, 2.75) is 44.4 Å². The topological polar surface area (TPSA) is 169 Å². The molecule has 3 fully saturated rings. The van der Waals surface area contributed by atoms with Gasteiger partial charge in [-0.1, -0.05) is 6.92 Å². The predicted octanol–water partition coefficient (Wildman–Crippen LogP) is -2.75. The summed E-state index contributed by atoms with van der Waals surface area (Å²) in [4.78, 5) is 68.0. The predicted molar refractivity (Wildman–Crippen MR) is 110 cm³/mol. The Labute approximate surface area is 185 Å². The van der Waals surface area contributed by atoms with Crippen LogP contribution in [-0.2, 0) is 28.7 Å². The van der Waals surface area contributed by atoms with E-state index in [0.29, 0.717) is 13.0 Å². The molecule has 0 aromatic rings. The zero-order chi connectivity index (χ0) is 23.6. The number of nitrogens with one attached hydrogen (secondary N) is 2. The smallest absolute Gasteiger partial charge is 0.255 e. The molecule has 0 spiro atoms. The van der Waals surface area contributed by atoms with Crippen molar-refractivity contribution in [3.05, 3.63) is 0 Å². The summed E-state index contributed by atoms with van der Waals surface area (Å²) in [5.74, 6) is -3.23. The largest absolute Gasteiger partial charge is 0.370 e. The van der Waals surface area contributed by atoms with Crippen LogP contribution < -0.4 is 11.1 Å². The summed E-state index contributed by atoms with van der Waals surface area (Å²) < 4.78 is 4.88. The summed E-state index contributed by atoms with van der Waals surface area (Å²) in [5.41, 5.74) is 5.60. The molecular formula is C19H29N7O6. The molecule has 0 radical (unpaired) electrons. The number of nitrogens with zero attached hydrogens (tertiary/aromatic N) is 4. The summed E-state index contributed by atoms with van der Waals surface area (Å²) in [6.45, 7) is 1.01. The van der Waals surface area contributed by atoms with Gasteiger partial charge >= 0.3 is 0 Å². The van der Waals surface area contributed by atoms with E-state index in [2.05, 4.69) is 5.32 Å². The fourth-order valence-electron chi connectivity index (χ4n) is 4.29. The molecule has 13 nitrogen and oxygen atoms in total. The maximum atomic E-state index is 13.3. The number of ether oxygens (including phenoxy) is 1. The number of carbonyl (C=O) groups is 5. The van der Waals surface area contributed by atoms with Crippen molar-refractivity contribution in [1.82, 2.24) is 24.9 Å². The summed E-state index contributed by atoms with van der Waals surface area (Å²) in [6.07, 6.45) is 0.761. The molecule has 3 saturated heterocycles. The second-order valence-corrected chi connectivity index (χ2v) is 8.00. The van der Waals surface area contributed by atoms with Gasteiger partial charge in [0.15, 0.2) is 5.96 Å². The van der Waals surface area contributed by atoms with Gasteiger partial charge in [0.2, 0.25) is 11.8 Å². The maximum Gasteiger partial charge on any atom is 0.255 e. The van der Waals surface area contributed by atoms with Crippen LogP contribution in [0.15, 0.2) is 0 Å². The van der Waals surface area contributed by atoms with Crippen LogP contribution in [0.3, 0.4) is 0 Å². The van der Waals surface area contributed by atoms with Crippen LogP contribution in [0.2, 0.25) is 0 Å². The average molecular weight is 451 g/mol. The number of nitrogens with two attached hydrogens (primary N) is 1. The molecule has 0 aromatic carbocycles. The van der Waals surface area contributed by atoms with Gasteiger partial charge in [-0.2, -0.15) is 0 Å². The Morgan fingerprint density at radius 1 is 1.25 bits per heavy atom. The van der Waals surface area contributed by atoms with Crippen molar-refractivity contribution in [2.75, 3.05) is 39.9 Å². The molecule has 3 atom stereocenters. The molecule has 3 aliphatic heterocycles. The minimum absolute atomic E-state index is 0.184. The molecular weight excluding hydrogens is 422 g/mol.